The highest BCUT2D eigenvalue weighted by atomic mass is 16.4. The van der Waals surface area contributed by atoms with E-state index in [4.69, 9.17) is 0 Å². The van der Waals surface area contributed by atoms with Gasteiger partial charge in [0.05, 0.1) is 5.41 Å². The zero-order chi connectivity index (χ0) is 19.1. The molecule has 0 saturated heterocycles. The predicted molar refractivity (Wildman–Crippen MR) is 106 cm³/mol. The van der Waals surface area contributed by atoms with Crippen molar-refractivity contribution in [2.45, 2.75) is 105 Å². The standard InChI is InChI=1S/C25H38O2/c1-19-5-17-6-20(2,8-19)13-24(7-17,12-19)25-14-21(3)9-22(4,15-25)11-23(10-21,16-25)18(26)27/h17H,5-16H2,1-4H3,(H,26,27). The first-order valence-corrected chi connectivity index (χ1v) is 11.6. The molecule has 8 aliphatic carbocycles. The molecule has 0 heterocycles. The largest absolute Gasteiger partial charge is 0.481 e. The molecule has 0 aromatic heterocycles. The molecular formula is C25H38O2. The highest BCUT2D eigenvalue weighted by Gasteiger charge is 2.75. The van der Waals surface area contributed by atoms with Crippen LogP contribution in [0.5, 0.6) is 0 Å². The first kappa shape index (κ1) is 17.3. The molecule has 8 rings (SSSR count). The molecule has 27 heavy (non-hydrogen) atoms. The topological polar surface area (TPSA) is 37.3 Å². The average molecular weight is 371 g/mol. The third-order valence-electron chi connectivity index (χ3n) is 10.8. The summed E-state index contributed by atoms with van der Waals surface area (Å²) in [6, 6.07) is 0. The second kappa shape index (κ2) is 4.31. The highest BCUT2D eigenvalue weighted by molar-refractivity contribution is 5.76. The first-order chi connectivity index (χ1) is 12.3. The number of carboxylic acid groups (broad SMARTS) is 1. The molecule has 0 amide bonds. The van der Waals surface area contributed by atoms with Crippen LogP contribution in [-0.2, 0) is 4.79 Å². The van der Waals surface area contributed by atoms with Gasteiger partial charge in [-0.05, 0) is 115 Å². The third kappa shape index (κ3) is 2.01. The van der Waals surface area contributed by atoms with E-state index in [0.29, 0.717) is 21.7 Å². The Hall–Kier alpha value is -0.530. The molecule has 8 aliphatic rings. The van der Waals surface area contributed by atoms with E-state index in [1.165, 1.54) is 57.8 Å². The maximum absolute atomic E-state index is 12.6. The second-order valence-electron chi connectivity index (χ2n) is 14.5. The second-order valence-corrected chi connectivity index (χ2v) is 14.5. The molecule has 150 valence electrons. The Labute approximate surface area is 164 Å². The van der Waals surface area contributed by atoms with Gasteiger partial charge >= 0.3 is 5.97 Å². The van der Waals surface area contributed by atoms with Gasteiger partial charge in [-0.15, -0.1) is 0 Å². The summed E-state index contributed by atoms with van der Waals surface area (Å²) >= 11 is 0. The van der Waals surface area contributed by atoms with Gasteiger partial charge in [0.1, 0.15) is 0 Å². The smallest absolute Gasteiger partial charge is 0.309 e. The van der Waals surface area contributed by atoms with Crippen molar-refractivity contribution < 1.29 is 9.90 Å². The van der Waals surface area contributed by atoms with E-state index < -0.39 is 11.4 Å². The number of rotatable bonds is 2. The summed E-state index contributed by atoms with van der Waals surface area (Å²) in [6.45, 7) is 10.1. The van der Waals surface area contributed by atoms with E-state index in [-0.39, 0.29) is 10.8 Å². The lowest BCUT2D eigenvalue weighted by Crippen LogP contribution is -2.69. The fourth-order valence-electron chi connectivity index (χ4n) is 12.5. The molecule has 8 fully saturated rings. The molecule has 0 aromatic rings. The van der Waals surface area contributed by atoms with E-state index in [0.717, 1.165) is 25.2 Å². The van der Waals surface area contributed by atoms with E-state index in [2.05, 4.69) is 27.7 Å². The van der Waals surface area contributed by atoms with Crippen molar-refractivity contribution in [2.75, 3.05) is 0 Å². The molecule has 8 saturated carbocycles. The van der Waals surface area contributed by atoms with Crippen LogP contribution in [0.25, 0.3) is 0 Å². The molecular weight excluding hydrogens is 332 g/mol. The summed E-state index contributed by atoms with van der Waals surface area (Å²) in [5.41, 5.74) is 1.86. The van der Waals surface area contributed by atoms with E-state index >= 15 is 0 Å². The number of carboxylic acids is 1. The summed E-state index contributed by atoms with van der Waals surface area (Å²) in [7, 11) is 0. The Kier molecular flexibility index (Phi) is 2.77. The zero-order valence-electron chi connectivity index (χ0n) is 17.9. The van der Waals surface area contributed by atoms with Gasteiger partial charge in [0.2, 0.25) is 0 Å². The number of aliphatic carboxylic acids is 1. The first-order valence-electron chi connectivity index (χ1n) is 11.6. The molecule has 4 atom stereocenters. The van der Waals surface area contributed by atoms with Crippen LogP contribution < -0.4 is 0 Å². The van der Waals surface area contributed by atoms with Crippen LogP contribution in [0.15, 0.2) is 0 Å². The summed E-state index contributed by atoms with van der Waals surface area (Å²) in [4.78, 5) is 12.6. The van der Waals surface area contributed by atoms with Crippen molar-refractivity contribution in [3.8, 4) is 0 Å². The molecule has 2 heteroatoms. The van der Waals surface area contributed by atoms with Crippen LogP contribution in [0, 0.1) is 43.8 Å². The van der Waals surface area contributed by atoms with E-state index in [1.807, 2.05) is 0 Å². The van der Waals surface area contributed by atoms with Crippen molar-refractivity contribution >= 4 is 5.97 Å². The summed E-state index contributed by atoms with van der Waals surface area (Å²) < 4.78 is 0. The lowest BCUT2D eigenvalue weighted by Gasteiger charge is -2.77. The van der Waals surface area contributed by atoms with Crippen LogP contribution >= 0.6 is 0 Å². The van der Waals surface area contributed by atoms with E-state index in [1.54, 1.807) is 0 Å². The molecule has 0 spiro atoms. The Morgan fingerprint density at radius 1 is 0.630 bits per heavy atom. The van der Waals surface area contributed by atoms with Gasteiger partial charge in [0.15, 0.2) is 0 Å². The van der Waals surface area contributed by atoms with Crippen LogP contribution in [0.3, 0.4) is 0 Å². The minimum absolute atomic E-state index is 0.257. The molecule has 4 unspecified atom stereocenters. The van der Waals surface area contributed by atoms with E-state index in [9.17, 15) is 9.90 Å². The van der Waals surface area contributed by atoms with Gasteiger partial charge < -0.3 is 5.11 Å². The van der Waals surface area contributed by atoms with Crippen LogP contribution in [-0.4, -0.2) is 11.1 Å². The van der Waals surface area contributed by atoms with Gasteiger partial charge in [-0.3, -0.25) is 4.79 Å². The fraction of sp³-hybridized carbons (Fsp3) is 0.960. The van der Waals surface area contributed by atoms with Gasteiger partial charge in [-0.1, -0.05) is 27.7 Å². The molecule has 0 aromatic carbocycles. The van der Waals surface area contributed by atoms with Crippen molar-refractivity contribution in [2.24, 2.45) is 43.8 Å². The minimum atomic E-state index is -0.467. The monoisotopic (exact) mass is 370 g/mol. The van der Waals surface area contributed by atoms with Gasteiger partial charge in [0.25, 0.3) is 0 Å². The highest BCUT2D eigenvalue weighted by Crippen LogP contribution is 2.83. The van der Waals surface area contributed by atoms with Crippen molar-refractivity contribution in [3.05, 3.63) is 0 Å². The van der Waals surface area contributed by atoms with Gasteiger partial charge in [0, 0.05) is 0 Å². The lowest BCUT2D eigenvalue weighted by atomic mass is 9.26. The Morgan fingerprint density at radius 2 is 1.11 bits per heavy atom. The molecule has 1 N–H and O–H groups in total. The Morgan fingerprint density at radius 3 is 1.59 bits per heavy atom. The molecule has 8 bridgehead atoms. The third-order valence-corrected chi connectivity index (χ3v) is 10.8. The van der Waals surface area contributed by atoms with Crippen molar-refractivity contribution in [1.29, 1.82) is 0 Å². The molecule has 2 nitrogen and oxygen atoms in total. The Balaban J connectivity index is 1.52. The van der Waals surface area contributed by atoms with Crippen molar-refractivity contribution in [1.82, 2.24) is 0 Å². The van der Waals surface area contributed by atoms with Crippen LogP contribution in [0.4, 0.5) is 0 Å². The van der Waals surface area contributed by atoms with Gasteiger partial charge in [-0.2, -0.15) is 0 Å². The summed E-state index contributed by atoms with van der Waals surface area (Å²) in [5.74, 6) is 0.441. The summed E-state index contributed by atoms with van der Waals surface area (Å²) in [5, 5.41) is 10.4. The number of hydrogen-bond donors (Lipinski definition) is 1. The normalized spacial score (nSPS) is 65.7. The molecule has 0 aliphatic heterocycles. The Bertz CT molecular complexity index is 713. The molecule has 0 radical (unpaired) electrons. The SMILES string of the molecule is CC12CC3CC(C)(C1)CC(C14CC5(C)CC(C)(CC(C(=O)O)(C5)C1)C4)(C3)C2. The van der Waals surface area contributed by atoms with Gasteiger partial charge in [-0.25, -0.2) is 0 Å². The van der Waals surface area contributed by atoms with Crippen LogP contribution in [0.2, 0.25) is 0 Å². The summed E-state index contributed by atoms with van der Waals surface area (Å²) in [6.07, 6.45) is 15.3. The maximum Gasteiger partial charge on any atom is 0.309 e. The minimum Gasteiger partial charge on any atom is -0.481 e. The number of hydrogen-bond acceptors (Lipinski definition) is 1. The quantitative estimate of drug-likeness (QED) is 0.608. The predicted octanol–water partition coefficient (Wildman–Crippen LogP) is 6.43. The van der Waals surface area contributed by atoms with Crippen molar-refractivity contribution in [3.63, 3.8) is 0 Å². The number of carbonyl (C=O) groups is 1. The lowest BCUT2D eigenvalue weighted by molar-refractivity contribution is -0.282. The zero-order valence-corrected chi connectivity index (χ0v) is 17.9. The fourth-order valence-corrected chi connectivity index (χ4v) is 12.5. The maximum atomic E-state index is 12.6. The average Bonchev–Trinajstić information content (AvgIpc) is 2.38. The van der Waals surface area contributed by atoms with Crippen LogP contribution in [0.1, 0.15) is 105 Å².